The number of hydrogen-bond acceptors (Lipinski definition) is 3. The quantitative estimate of drug-likeness (QED) is 0.798. The molecule has 0 aliphatic carbocycles. The molecule has 3 nitrogen and oxygen atoms in total. The topological polar surface area (TPSA) is 47.3 Å². The maximum atomic E-state index is 5.76. The summed E-state index contributed by atoms with van der Waals surface area (Å²) in [6.45, 7) is 7.12. The van der Waals surface area contributed by atoms with E-state index in [2.05, 4.69) is 32.2 Å². The number of nitrogens with two attached hydrogens (primary N) is 1. The molecule has 0 amide bonds. The zero-order chi connectivity index (χ0) is 12.8. The molecule has 0 aromatic heterocycles. The second-order valence-electron chi connectivity index (χ2n) is 4.61. The van der Waals surface area contributed by atoms with Gasteiger partial charge in [0, 0.05) is 18.3 Å². The highest BCUT2D eigenvalue weighted by Gasteiger charge is 2.11. The number of hydrogen-bond donors (Lipinski definition) is 2. The van der Waals surface area contributed by atoms with Crippen molar-refractivity contribution in [2.45, 2.75) is 33.2 Å². The van der Waals surface area contributed by atoms with Gasteiger partial charge in [-0.05, 0) is 36.1 Å². The summed E-state index contributed by atoms with van der Waals surface area (Å²) in [7, 11) is 1.71. The van der Waals surface area contributed by atoms with E-state index in [1.54, 1.807) is 7.11 Å². The molecule has 3 N–H and O–H groups in total. The number of rotatable bonds is 6. The Bertz CT molecular complexity index is 350. The molecule has 0 radical (unpaired) electrons. The van der Waals surface area contributed by atoms with Crippen LogP contribution in [0.15, 0.2) is 18.2 Å². The molecule has 0 aliphatic rings. The maximum Gasteiger partial charge on any atom is 0.122 e. The predicted octanol–water partition coefficient (Wildman–Crippen LogP) is 2.65. The summed E-state index contributed by atoms with van der Waals surface area (Å²) in [6.07, 6.45) is 0.966. The van der Waals surface area contributed by atoms with Crippen molar-refractivity contribution in [1.29, 1.82) is 0 Å². The molecule has 0 heterocycles. The Labute approximate surface area is 104 Å². The minimum atomic E-state index is 0.313. The van der Waals surface area contributed by atoms with Crippen LogP contribution < -0.4 is 15.8 Å². The highest BCUT2D eigenvalue weighted by molar-refractivity contribution is 5.52. The monoisotopic (exact) mass is 236 g/mol. The van der Waals surface area contributed by atoms with Crippen LogP contribution in [-0.4, -0.2) is 19.7 Å². The standard InChI is InChI=1S/C14H24N2O/c1-5-11-8-12(6-7-14(11)17-4)16-13(9-15)10(2)3/h6-8,10,13,16H,5,9,15H2,1-4H3. The summed E-state index contributed by atoms with van der Waals surface area (Å²) in [6, 6.07) is 6.51. The molecule has 1 aromatic rings. The first-order chi connectivity index (χ1) is 8.12. The summed E-state index contributed by atoms with van der Waals surface area (Å²) in [5.74, 6) is 1.47. The van der Waals surface area contributed by atoms with Crippen molar-refractivity contribution in [3.63, 3.8) is 0 Å². The van der Waals surface area contributed by atoms with E-state index in [4.69, 9.17) is 10.5 Å². The molecule has 0 saturated heterocycles. The SMILES string of the molecule is CCc1cc(NC(CN)C(C)C)ccc1OC. The molecule has 1 atom stereocenters. The van der Waals surface area contributed by atoms with E-state index in [1.807, 2.05) is 12.1 Å². The van der Waals surface area contributed by atoms with E-state index in [9.17, 15) is 0 Å². The maximum absolute atomic E-state index is 5.76. The number of benzene rings is 1. The molecular formula is C14H24N2O. The van der Waals surface area contributed by atoms with Gasteiger partial charge >= 0.3 is 0 Å². The number of ether oxygens (including phenoxy) is 1. The molecule has 0 aliphatic heterocycles. The van der Waals surface area contributed by atoms with Gasteiger partial charge in [-0.2, -0.15) is 0 Å². The Morgan fingerprint density at radius 1 is 1.35 bits per heavy atom. The fourth-order valence-corrected chi connectivity index (χ4v) is 1.86. The molecule has 17 heavy (non-hydrogen) atoms. The first-order valence-corrected chi connectivity index (χ1v) is 6.25. The molecule has 0 bridgehead atoms. The third-order valence-corrected chi connectivity index (χ3v) is 3.07. The molecule has 0 spiro atoms. The zero-order valence-electron chi connectivity index (χ0n) is 11.3. The van der Waals surface area contributed by atoms with Crippen LogP contribution in [0.25, 0.3) is 0 Å². The number of nitrogens with one attached hydrogen (secondary N) is 1. The third-order valence-electron chi connectivity index (χ3n) is 3.07. The first kappa shape index (κ1) is 13.8. The van der Waals surface area contributed by atoms with Crippen LogP contribution in [0.4, 0.5) is 5.69 Å². The van der Waals surface area contributed by atoms with Crippen LogP contribution in [-0.2, 0) is 6.42 Å². The number of aryl methyl sites for hydroxylation is 1. The highest BCUT2D eigenvalue weighted by Crippen LogP contribution is 2.24. The molecule has 1 aromatic carbocycles. The van der Waals surface area contributed by atoms with Crippen molar-refractivity contribution in [3.05, 3.63) is 23.8 Å². The van der Waals surface area contributed by atoms with Gasteiger partial charge in [0.25, 0.3) is 0 Å². The molecule has 1 rings (SSSR count). The van der Waals surface area contributed by atoms with Crippen LogP contribution >= 0.6 is 0 Å². The molecule has 0 fully saturated rings. The van der Waals surface area contributed by atoms with E-state index in [0.29, 0.717) is 18.5 Å². The van der Waals surface area contributed by atoms with Crippen LogP contribution in [0.5, 0.6) is 5.75 Å². The molecule has 96 valence electrons. The Morgan fingerprint density at radius 2 is 2.06 bits per heavy atom. The van der Waals surface area contributed by atoms with Crippen molar-refractivity contribution in [2.75, 3.05) is 19.0 Å². The summed E-state index contributed by atoms with van der Waals surface area (Å²) < 4.78 is 5.32. The van der Waals surface area contributed by atoms with E-state index >= 15 is 0 Å². The average Bonchev–Trinajstić information content (AvgIpc) is 2.35. The lowest BCUT2D eigenvalue weighted by Gasteiger charge is -2.22. The van der Waals surface area contributed by atoms with Gasteiger partial charge in [0.1, 0.15) is 5.75 Å². The van der Waals surface area contributed by atoms with Crippen molar-refractivity contribution in [2.24, 2.45) is 11.7 Å². The fraction of sp³-hybridized carbons (Fsp3) is 0.571. The van der Waals surface area contributed by atoms with Gasteiger partial charge in [0.2, 0.25) is 0 Å². The van der Waals surface area contributed by atoms with Crippen LogP contribution in [0.3, 0.4) is 0 Å². The highest BCUT2D eigenvalue weighted by atomic mass is 16.5. The van der Waals surface area contributed by atoms with Gasteiger partial charge in [-0.1, -0.05) is 20.8 Å². The van der Waals surface area contributed by atoms with E-state index in [0.717, 1.165) is 17.9 Å². The number of methoxy groups -OCH3 is 1. The van der Waals surface area contributed by atoms with Crippen molar-refractivity contribution < 1.29 is 4.74 Å². The van der Waals surface area contributed by atoms with Gasteiger partial charge in [-0.15, -0.1) is 0 Å². The lowest BCUT2D eigenvalue weighted by Crippen LogP contribution is -2.33. The lowest BCUT2D eigenvalue weighted by molar-refractivity contribution is 0.410. The van der Waals surface area contributed by atoms with Crippen molar-refractivity contribution >= 4 is 5.69 Å². The van der Waals surface area contributed by atoms with Gasteiger partial charge < -0.3 is 15.8 Å². The summed E-state index contributed by atoms with van der Waals surface area (Å²) in [5, 5.41) is 3.47. The van der Waals surface area contributed by atoms with Gasteiger partial charge in [-0.25, -0.2) is 0 Å². The summed E-state index contributed by atoms with van der Waals surface area (Å²) in [5.41, 5.74) is 8.10. The molecule has 1 unspecified atom stereocenters. The second kappa shape index (κ2) is 6.50. The Morgan fingerprint density at radius 3 is 2.53 bits per heavy atom. The van der Waals surface area contributed by atoms with E-state index in [-0.39, 0.29) is 0 Å². The van der Waals surface area contributed by atoms with Gasteiger partial charge in [0.05, 0.1) is 7.11 Å². The fourth-order valence-electron chi connectivity index (χ4n) is 1.86. The molecule has 0 saturated carbocycles. The average molecular weight is 236 g/mol. The van der Waals surface area contributed by atoms with Crippen molar-refractivity contribution in [3.8, 4) is 5.75 Å². The molecule has 3 heteroatoms. The third kappa shape index (κ3) is 3.63. The van der Waals surface area contributed by atoms with Gasteiger partial charge in [0.15, 0.2) is 0 Å². The van der Waals surface area contributed by atoms with Crippen LogP contribution in [0, 0.1) is 5.92 Å². The summed E-state index contributed by atoms with van der Waals surface area (Å²) in [4.78, 5) is 0. The predicted molar refractivity (Wildman–Crippen MR) is 73.7 cm³/mol. The smallest absolute Gasteiger partial charge is 0.122 e. The zero-order valence-corrected chi connectivity index (χ0v) is 11.3. The summed E-state index contributed by atoms with van der Waals surface area (Å²) >= 11 is 0. The minimum Gasteiger partial charge on any atom is -0.496 e. The van der Waals surface area contributed by atoms with E-state index < -0.39 is 0 Å². The minimum absolute atomic E-state index is 0.313. The van der Waals surface area contributed by atoms with E-state index in [1.165, 1.54) is 5.56 Å². The van der Waals surface area contributed by atoms with Crippen LogP contribution in [0.2, 0.25) is 0 Å². The second-order valence-corrected chi connectivity index (χ2v) is 4.61. The molecular weight excluding hydrogens is 212 g/mol. The Balaban J connectivity index is 2.85. The first-order valence-electron chi connectivity index (χ1n) is 6.25. The van der Waals surface area contributed by atoms with Gasteiger partial charge in [-0.3, -0.25) is 0 Å². The lowest BCUT2D eigenvalue weighted by atomic mass is 10.0. The largest absolute Gasteiger partial charge is 0.496 e. The normalized spacial score (nSPS) is 12.6. The van der Waals surface area contributed by atoms with Crippen molar-refractivity contribution in [1.82, 2.24) is 0 Å². The Kier molecular flexibility index (Phi) is 5.29. The Hall–Kier alpha value is -1.22. The van der Waals surface area contributed by atoms with Crippen LogP contribution in [0.1, 0.15) is 26.3 Å². The number of anilines is 1.